The van der Waals surface area contributed by atoms with Crippen molar-refractivity contribution in [3.05, 3.63) is 69.2 Å². The lowest BCUT2D eigenvalue weighted by molar-refractivity contribution is 0.103. The summed E-state index contributed by atoms with van der Waals surface area (Å²) in [5.41, 5.74) is -0.826. The van der Waals surface area contributed by atoms with Crippen LogP contribution in [0.25, 0.3) is 0 Å². The zero-order chi connectivity index (χ0) is 14.2. The fourth-order valence-electron chi connectivity index (χ4n) is 1.51. The Bertz CT molecular complexity index is 647. The molecule has 0 saturated carbocycles. The van der Waals surface area contributed by atoms with Crippen molar-refractivity contribution in [2.45, 2.75) is 0 Å². The number of ketones is 1. The summed E-state index contributed by atoms with van der Waals surface area (Å²) in [7, 11) is 0. The third-order valence-electron chi connectivity index (χ3n) is 2.42. The second-order valence-electron chi connectivity index (χ2n) is 3.71. The average molecular weight is 333 g/mol. The van der Waals surface area contributed by atoms with Crippen molar-refractivity contribution in [1.82, 2.24) is 0 Å². The second-order valence-corrected chi connectivity index (χ2v) is 4.62. The maximum atomic E-state index is 13.5. The van der Waals surface area contributed by atoms with Gasteiger partial charge in [-0.1, -0.05) is 15.9 Å². The monoisotopic (exact) mass is 332 g/mol. The Labute approximate surface area is 114 Å². The lowest BCUT2D eigenvalue weighted by Crippen LogP contribution is -2.06. The quantitative estimate of drug-likeness (QED) is 0.457. The van der Waals surface area contributed by atoms with Crippen molar-refractivity contribution in [3.8, 4) is 0 Å². The largest absolute Gasteiger partial charge is 0.288 e. The summed E-state index contributed by atoms with van der Waals surface area (Å²) >= 11 is 3.05. The highest BCUT2D eigenvalue weighted by atomic mass is 79.9. The van der Waals surface area contributed by atoms with Crippen molar-refractivity contribution < 1.29 is 22.4 Å². The molecule has 0 heterocycles. The van der Waals surface area contributed by atoms with Crippen LogP contribution in [0.4, 0.5) is 17.6 Å². The average Bonchev–Trinajstić information content (AvgIpc) is 2.37. The minimum atomic E-state index is -1.67. The molecule has 0 aromatic heterocycles. The van der Waals surface area contributed by atoms with Gasteiger partial charge in [0.2, 0.25) is 0 Å². The maximum absolute atomic E-state index is 13.5. The van der Waals surface area contributed by atoms with Gasteiger partial charge in [-0.2, -0.15) is 0 Å². The minimum Gasteiger partial charge on any atom is -0.288 e. The molecule has 2 aromatic carbocycles. The fourth-order valence-corrected chi connectivity index (χ4v) is 1.87. The molecule has 0 spiro atoms. The first-order valence-electron chi connectivity index (χ1n) is 5.04. The van der Waals surface area contributed by atoms with E-state index in [1.54, 1.807) is 0 Å². The summed E-state index contributed by atoms with van der Waals surface area (Å²) in [5.74, 6) is -6.45. The molecule has 0 saturated heterocycles. The van der Waals surface area contributed by atoms with E-state index in [0.29, 0.717) is 16.6 Å². The summed E-state index contributed by atoms with van der Waals surface area (Å²) in [6.07, 6.45) is 0. The van der Waals surface area contributed by atoms with Gasteiger partial charge in [0.15, 0.2) is 23.2 Å². The van der Waals surface area contributed by atoms with Crippen molar-refractivity contribution in [2.75, 3.05) is 0 Å². The van der Waals surface area contributed by atoms with E-state index in [0.717, 1.165) is 6.07 Å². The summed E-state index contributed by atoms with van der Waals surface area (Å²) in [6, 6.07) is 4.64. The molecule has 0 unspecified atom stereocenters. The van der Waals surface area contributed by atoms with Gasteiger partial charge in [0.1, 0.15) is 5.82 Å². The van der Waals surface area contributed by atoms with Gasteiger partial charge < -0.3 is 0 Å². The van der Waals surface area contributed by atoms with Crippen LogP contribution in [0.5, 0.6) is 0 Å². The van der Waals surface area contributed by atoms with E-state index in [9.17, 15) is 22.4 Å². The molecule has 2 rings (SSSR count). The molecular formula is C13H5BrF4O. The lowest BCUT2D eigenvalue weighted by atomic mass is 10.0. The first-order valence-corrected chi connectivity index (χ1v) is 5.83. The molecule has 0 radical (unpaired) electrons. The molecule has 0 aliphatic carbocycles. The van der Waals surface area contributed by atoms with Crippen LogP contribution in [0.3, 0.4) is 0 Å². The Kier molecular flexibility index (Phi) is 3.71. The number of hydrogen-bond acceptors (Lipinski definition) is 1. The van der Waals surface area contributed by atoms with Crippen molar-refractivity contribution in [3.63, 3.8) is 0 Å². The van der Waals surface area contributed by atoms with Gasteiger partial charge in [0, 0.05) is 10.0 Å². The normalized spacial score (nSPS) is 10.6. The van der Waals surface area contributed by atoms with Crippen LogP contribution in [-0.2, 0) is 0 Å². The number of carbonyl (C=O) groups excluding carboxylic acids is 1. The van der Waals surface area contributed by atoms with E-state index in [2.05, 4.69) is 15.9 Å². The van der Waals surface area contributed by atoms with Gasteiger partial charge in [0.25, 0.3) is 0 Å². The second kappa shape index (κ2) is 5.13. The van der Waals surface area contributed by atoms with Gasteiger partial charge in [-0.15, -0.1) is 0 Å². The third kappa shape index (κ3) is 2.68. The lowest BCUT2D eigenvalue weighted by Gasteiger charge is -2.05. The minimum absolute atomic E-state index is 0.361. The van der Waals surface area contributed by atoms with Crippen molar-refractivity contribution in [2.24, 2.45) is 0 Å². The number of benzene rings is 2. The molecule has 0 aliphatic heterocycles. The highest BCUT2D eigenvalue weighted by molar-refractivity contribution is 9.10. The van der Waals surface area contributed by atoms with Gasteiger partial charge in [-0.25, -0.2) is 17.6 Å². The molecule has 98 valence electrons. The molecule has 0 amide bonds. The number of carbonyl (C=O) groups is 1. The number of halogens is 5. The zero-order valence-electron chi connectivity index (χ0n) is 9.18. The molecule has 2 aromatic rings. The first-order chi connectivity index (χ1) is 8.90. The van der Waals surface area contributed by atoms with E-state index in [1.807, 2.05) is 0 Å². The van der Waals surface area contributed by atoms with E-state index in [4.69, 9.17) is 0 Å². The fraction of sp³-hybridized carbons (Fsp3) is 0. The summed E-state index contributed by atoms with van der Waals surface area (Å²) in [6.45, 7) is 0. The summed E-state index contributed by atoms with van der Waals surface area (Å²) in [4.78, 5) is 11.9. The van der Waals surface area contributed by atoms with Crippen LogP contribution < -0.4 is 0 Å². The Morgan fingerprint density at radius 2 is 1.47 bits per heavy atom. The van der Waals surface area contributed by atoms with Crippen LogP contribution in [0.2, 0.25) is 0 Å². The molecule has 19 heavy (non-hydrogen) atoms. The van der Waals surface area contributed by atoms with E-state index in [1.165, 1.54) is 12.1 Å². The predicted octanol–water partition coefficient (Wildman–Crippen LogP) is 4.24. The van der Waals surface area contributed by atoms with Crippen LogP contribution >= 0.6 is 15.9 Å². The molecule has 0 aliphatic rings. The molecule has 0 N–H and O–H groups in total. The van der Waals surface area contributed by atoms with Gasteiger partial charge in [0.05, 0.1) is 5.56 Å². The van der Waals surface area contributed by atoms with E-state index < -0.39 is 34.6 Å². The van der Waals surface area contributed by atoms with Crippen LogP contribution in [0.1, 0.15) is 15.9 Å². The van der Waals surface area contributed by atoms with Crippen LogP contribution in [0, 0.1) is 23.3 Å². The number of rotatable bonds is 2. The molecule has 0 fully saturated rings. The van der Waals surface area contributed by atoms with Crippen molar-refractivity contribution in [1.29, 1.82) is 0 Å². The van der Waals surface area contributed by atoms with Gasteiger partial charge in [-0.05, 0) is 30.3 Å². The van der Waals surface area contributed by atoms with E-state index in [-0.39, 0.29) is 5.56 Å². The van der Waals surface area contributed by atoms with Gasteiger partial charge in [-0.3, -0.25) is 4.79 Å². The molecular weight excluding hydrogens is 328 g/mol. The zero-order valence-corrected chi connectivity index (χ0v) is 10.8. The maximum Gasteiger partial charge on any atom is 0.196 e. The van der Waals surface area contributed by atoms with Crippen LogP contribution in [-0.4, -0.2) is 5.78 Å². The van der Waals surface area contributed by atoms with E-state index >= 15 is 0 Å². The standard InChI is InChI=1S/C13H5BrF4O/c14-7-1-2-9(15)8(5-7)13(19)6-3-10(16)12(18)11(17)4-6/h1-5H. The Morgan fingerprint density at radius 3 is 2.05 bits per heavy atom. The predicted molar refractivity (Wildman–Crippen MR) is 63.8 cm³/mol. The van der Waals surface area contributed by atoms with Crippen molar-refractivity contribution >= 4 is 21.7 Å². The topological polar surface area (TPSA) is 17.1 Å². The van der Waals surface area contributed by atoms with Crippen LogP contribution in [0.15, 0.2) is 34.8 Å². The Hall–Kier alpha value is -1.69. The molecule has 0 bridgehead atoms. The Balaban J connectivity index is 2.53. The summed E-state index contributed by atoms with van der Waals surface area (Å²) in [5, 5.41) is 0. The molecule has 6 heteroatoms. The smallest absolute Gasteiger partial charge is 0.196 e. The number of hydrogen-bond donors (Lipinski definition) is 0. The molecule has 1 nitrogen and oxygen atoms in total. The Morgan fingerprint density at radius 1 is 0.895 bits per heavy atom. The SMILES string of the molecule is O=C(c1cc(F)c(F)c(F)c1)c1cc(Br)ccc1F. The molecule has 0 atom stereocenters. The highest BCUT2D eigenvalue weighted by Crippen LogP contribution is 2.21. The highest BCUT2D eigenvalue weighted by Gasteiger charge is 2.19. The third-order valence-corrected chi connectivity index (χ3v) is 2.91. The van der Waals surface area contributed by atoms with Gasteiger partial charge >= 0.3 is 0 Å². The first kappa shape index (κ1) is 13.7. The summed E-state index contributed by atoms with van der Waals surface area (Å²) < 4.78 is 52.7.